The number of halogens is 1. The van der Waals surface area contributed by atoms with Gasteiger partial charge >= 0.3 is 0 Å². The monoisotopic (exact) mass is 299 g/mol. The lowest BCUT2D eigenvalue weighted by molar-refractivity contribution is 0.713. The Morgan fingerprint density at radius 1 is 1.24 bits per heavy atom. The molecular weight excluding hydrogens is 286 g/mol. The Morgan fingerprint density at radius 3 is 2.81 bits per heavy atom. The molecule has 0 bridgehead atoms. The number of hydrogen-bond donors (Lipinski definition) is 1. The summed E-state index contributed by atoms with van der Waals surface area (Å²) >= 11 is 5.99. The zero-order chi connectivity index (χ0) is 15.0. The lowest BCUT2D eigenvalue weighted by Gasteiger charge is -2.11. The highest BCUT2D eigenvalue weighted by molar-refractivity contribution is 6.30. The van der Waals surface area contributed by atoms with Crippen LogP contribution in [0.2, 0.25) is 5.02 Å². The number of rotatable bonds is 2. The predicted molar refractivity (Wildman–Crippen MR) is 85.7 cm³/mol. The summed E-state index contributed by atoms with van der Waals surface area (Å²) in [4.78, 5) is 17.1. The molecule has 0 aliphatic carbocycles. The van der Waals surface area contributed by atoms with Gasteiger partial charge in [0.15, 0.2) is 0 Å². The highest BCUT2D eigenvalue weighted by Crippen LogP contribution is 2.15. The van der Waals surface area contributed by atoms with Crippen LogP contribution in [0.4, 0.5) is 5.69 Å². The molecule has 1 aromatic heterocycles. The number of nitrogens with zero attached hydrogens (tertiary/aromatic N) is 2. The molecule has 21 heavy (non-hydrogen) atoms. The van der Waals surface area contributed by atoms with Crippen molar-refractivity contribution in [1.29, 1.82) is 0 Å². The van der Waals surface area contributed by atoms with Crippen LogP contribution in [0, 0.1) is 6.92 Å². The summed E-state index contributed by atoms with van der Waals surface area (Å²) in [5.74, 6) is 0.664. The predicted octanol–water partition coefficient (Wildman–Crippen LogP) is 2.99. The topological polar surface area (TPSA) is 60.9 Å². The maximum atomic E-state index is 12.6. The number of anilines is 1. The third-order valence-corrected chi connectivity index (χ3v) is 3.63. The van der Waals surface area contributed by atoms with E-state index in [1.54, 1.807) is 28.8 Å². The Hall–Kier alpha value is -2.33. The summed E-state index contributed by atoms with van der Waals surface area (Å²) in [6.45, 7) is 2.25. The zero-order valence-electron chi connectivity index (χ0n) is 11.5. The molecule has 0 fully saturated rings. The van der Waals surface area contributed by atoms with E-state index in [1.165, 1.54) is 0 Å². The Labute approximate surface area is 126 Å². The molecule has 0 amide bonds. The molecule has 0 radical (unpaired) electrons. The molecule has 1 heterocycles. The Kier molecular flexibility index (Phi) is 3.39. The normalized spacial score (nSPS) is 11.0. The second-order valence-electron chi connectivity index (χ2n) is 4.96. The maximum Gasteiger partial charge on any atom is 0.261 e. The van der Waals surface area contributed by atoms with Crippen LogP contribution in [0.1, 0.15) is 11.4 Å². The third-order valence-electron chi connectivity index (χ3n) is 3.40. The van der Waals surface area contributed by atoms with E-state index in [-0.39, 0.29) is 5.56 Å². The molecule has 0 aliphatic heterocycles. The van der Waals surface area contributed by atoms with Gasteiger partial charge in [-0.15, -0.1) is 0 Å². The van der Waals surface area contributed by atoms with Crippen molar-refractivity contribution in [3.05, 3.63) is 69.2 Å². The lowest BCUT2D eigenvalue weighted by atomic mass is 10.2. The number of nitrogens with two attached hydrogens (primary N) is 1. The molecule has 0 aliphatic rings. The Morgan fingerprint density at radius 2 is 2.05 bits per heavy atom. The molecule has 0 spiro atoms. The van der Waals surface area contributed by atoms with Crippen LogP contribution >= 0.6 is 11.6 Å². The van der Waals surface area contributed by atoms with E-state index in [9.17, 15) is 4.79 Å². The van der Waals surface area contributed by atoms with Gasteiger partial charge in [-0.1, -0.05) is 23.7 Å². The fourth-order valence-electron chi connectivity index (χ4n) is 2.35. The second kappa shape index (κ2) is 5.22. The van der Waals surface area contributed by atoms with Crippen molar-refractivity contribution in [1.82, 2.24) is 9.55 Å². The number of fused-ring (bicyclic) bond motifs is 1. The van der Waals surface area contributed by atoms with Crippen molar-refractivity contribution in [3.63, 3.8) is 0 Å². The number of aryl methyl sites for hydroxylation is 1. The standard InChI is InChI=1S/C16H14ClN3O/c1-10-19-15-6-5-13(18)8-14(15)16(21)20(10)9-11-3-2-4-12(17)7-11/h2-8H,9,18H2,1H3. The van der Waals surface area contributed by atoms with Crippen molar-refractivity contribution in [3.8, 4) is 0 Å². The van der Waals surface area contributed by atoms with Crippen LogP contribution in [-0.2, 0) is 6.54 Å². The zero-order valence-corrected chi connectivity index (χ0v) is 12.3. The van der Waals surface area contributed by atoms with Crippen LogP contribution < -0.4 is 11.3 Å². The molecule has 2 N–H and O–H groups in total. The first kappa shape index (κ1) is 13.6. The number of aromatic nitrogens is 2. The quantitative estimate of drug-likeness (QED) is 0.740. The van der Waals surface area contributed by atoms with E-state index in [0.717, 1.165) is 5.56 Å². The third kappa shape index (κ3) is 2.62. The molecule has 106 valence electrons. The molecule has 0 atom stereocenters. The molecule has 0 saturated carbocycles. The van der Waals surface area contributed by atoms with E-state index in [1.807, 2.05) is 25.1 Å². The molecule has 3 rings (SSSR count). The number of benzene rings is 2. The second-order valence-corrected chi connectivity index (χ2v) is 5.39. The summed E-state index contributed by atoms with van der Waals surface area (Å²) in [6, 6.07) is 12.6. The van der Waals surface area contributed by atoms with E-state index < -0.39 is 0 Å². The van der Waals surface area contributed by atoms with Gasteiger partial charge in [-0.05, 0) is 42.8 Å². The van der Waals surface area contributed by atoms with Gasteiger partial charge in [-0.3, -0.25) is 9.36 Å². The van der Waals surface area contributed by atoms with E-state index >= 15 is 0 Å². The Balaban J connectivity index is 2.16. The minimum Gasteiger partial charge on any atom is -0.399 e. The van der Waals surface area contributed by atoms with Gasteiger partial charge in [0.1, 0.15) is 5.82 Å². The molecule has 0 saturated heterocycles. The largest absolute Gasteiger partial charge is 0.399 e. The number of nitrogen functional groups attached to an aromatic ring is 1. The average molecular weight is 300 g/mol. The highest BCUT2D eigenvalue weighted by Gasteiger charge is 2.09. The maximum absolute atomic E-state index is 12.6. The fraction of sp³-hybridized carbons (Fsp3) is 0.125. The molecule has 3 aromatic rings. The smallest absolute Gasteiger partial charge is 0.261 e. The van der Waals surface area contributed by atoms with Gasteiger partial charge in [-0.25, -0.2) is 4.98 Å². The molecule has 5 heteroatoms. The summed E-state index contributed by atoms with van der Waals surface area (Å²) in [5, 5.41) is 1.18. The van der Waals surface area contributed by atoms with Crippen LogP contribution in [0.5, 0.6) is 0 Å². The summed E-state index contributed by atoms with van der Waals surface area (Å²) in [7, 11) is 0. The van der Waals surface area contributed by atoms with E-state index in [2.05, 4.69) is 4.98 Å². The molecular formula is C16H14ClN3O. The van der Waals surface area contributed by atoms with Crippen LogP contribution in [0.15, 0.2) is 47.3 Å². The van der Waals surface area contributed by atoms with Crippen molar-refractivity contribution >= 4 is 28.2 Å². The molecule has 4 nitrogen and oxygen atoms in total. The van der Waals surface area contributed by atoms with E-state index in [4.69, 9.17) is 17.3 Å². The van der Waals surface area contributed by atoms with Crippen LogP contribution in [0.25, 0.3) is 10.9 Å². The first-order valence-electron chi connectivity index (χ1n) is 6.56. The first-order chi connectivity index (χ1) is 10.0. The van der Waals surface area contributed by atoms with Crippen molar-refractivity contribution < 1.29 is 0 Å². The molecule has 0 unspecified atom stereocenters. The molecule has 2 aromatic carbocycles. The minimum atomic E-state index is -0.0928. The summed E-state index contributed by atoms with van der Waals surface area (Å²) in [6.07, 6.45) is 0. The van der Waals surface area contributed by atoms with Gasteiger partial charge in [-0.2, -0.15) is 0 Å². The highest BCUT2D eigenvalue weighted by atomic mass is 35.5. The van der Waals surface area contributed by atoms with Gasteiger partial charge in [0.05, 0.1) is 17.4 Å². The Bertz CT molecular complexity index is 886. The average Bonchev–Trinajstić information content (AvgIpc) is 2.45. The summed E-state index contributed by atoms with van der Waals surface area (Å²) < 4.78 is 1.63. The fourth-order valence-corrected chi connectivity index (χ4v) is 2.57. The SMILES string of the molecule is Cc1nc2ccc(N)cc2c(=O)n1Cc1cccc(Cl)c1. The van der Waals surface area contributed by atoms with Crippen molar-refractivity contribution in [2.45, 2.75) is 13.5 Å². The van der Waals surface area contributed by atoms with Gasteiger partial charge < -0.3 is 5.73 Å². The van der Waals surface area contributed by atoms with Gasteiger partial charge in [0.25, 0.3) is 5.56 Å². The number of hydrogen-bond acceptors (Lipinski definition) is 3. The minimum absolute atomic E-state index is 0.0928. The van der Waals surface area contributed by atoms with Crippen molar-refractivity contribution in [2.24, 2.45) is 0 Å². The van der Waals surface area contributed by atoms with Gasteiger partial charge in [0, 0.05) is 10.7 Å². The van der Waals surface area contributed by atoms with Crippen LogP contribution in [-0.4, -0.2) is 9.55 Å². The van der Waals surface area contributed by atoms with Gasteiger partial charge in [0.2, 0.25) is 0 Å². The summed E-state index contributed by atoms with van der Waals surface area (Å²) in [5.41, 5.74) is 7.84. The van der Waals surface area contributed by atoms with Crippen LogP contribution in [0.3, 0.4) is 0 Å². The van der Waals surface area contributed by atoms with E-state index in [0.29, 0.717) is 34.0 Å². The lowest BCUT2D eigenvalue weighted by Crippen LogP contribution is -2.24. The van der Waals surface area contributed by atoms with Crippen molar-refractivity contribution in [2.75, 3.05) is 5.73 Å². The first-order valence-corrected chi connectivity index (χ1v) is 6.93.